The second kappa shape index (κ2) is 9.64. The van der Waals surface area contributed by atoms with Crippen LogP contribution in [0.5, 0.6) is 5.88 Å². The normalized spacial score (nSPS) is 15.2. The number of nitrogens with zero attached hydrogens (tertiary/aromatic N) is 5. The molecule has 11 heteroatoms. The molecule has 0 unspecified atom stereocenters. The molecule has 1 N–H and O–H groups in total. The number of rotatable bonds is 6. The van der Waals surface area contributed by atoms with E-state index in [0.29, 0.717) is 36.1 Å². The van der Waals surface area contributed by atoms with E-state index in [9.17, 15) is 9.90 Å². The maximum absolute atomic E-state index is 12.4. The number of carbonyl (C=O) groups is 1. The predicted octanol–water partition coefficient (Wildman–Crippen LogP) is 4.94. The molecule has 0 radical (unpaired) electrons. The third-order valence-electron chi connectivity index (χ3n) is 5.27. The summed E-state index contributed by atoms with van der Waals surface area (Å²) in [6, 6.07) is 13.1. The second-order valence-corrected chi connectivity index (χ2v) is 9.31. The molecule has 1 saturated heterocycles. The second-order valence-electron chi connectivity index (χ2n) is 7.46. The average molecular weight is 530 g/mol. The highest BCUT2D eigenvalue weighted by Gasteiger charge is 2.20. The molecule has 4 aromatic rings. The summed E-state index contributed by atoms with van der Waals surface area (Å²) in [4.78, 5) is 18.9. The van der Waals surface area contributed by atoms with Crippen molar-refractivity contribution in [2.45, 2.75) is 11.9 Å². The number of carbonyl (C=O) groups excluding carboxylic acids is 1. The molecule has 0 atom stereocenters. The summed E-state index contributed by atoms with van der Waals surface area (Å²) < 4.78 is 13.6. The zero-order valence-electron chi connectivity index (χ0n) is 17.5. The van der Waals surface area contributed by atoms with E-state index in [1.807, 2.05) is 42.5 Å². The summed E-state index contributed by atoms with van der Waals surface area (Å²) in [7, 11) is 0. The van der Waals surface area contributed by atoms with E-state index in [1.165, 1.54) is 0 Å². The van der Waals surface area contributed by atoms with Gasteiger partial charge >= 0.3 is 0 Å². The molecule has 1 aliphatic heterocycles. The SMILES string of the molecule is O=C(CSc1nc2ccccc2o1)N=Nc1c(O)n(CN2CCOCC2)c2ccc(Br)cc12. The van der Waals surface area contributed by atoms with Gasteiger partial charge in [0.05, 0.1) is 31.2 Å². The lowest BCUT2D eigenvalue weighted by atomic mass is 10.2. The number of morpholine rings is 1. The van der Waals surface area contributed by atoms with Crippen molar-refractivity contribution in [3.63, 3.8) is 0 Å². The number of thioether (sulfide) groups is 1. The summed E-state index contributed by atoms with van der Waals surface area (Å²) in [5.74, 6) is -0.462. The highest BCUT2D eigenvalue weighted by atomic mass is 79.9. The number of hydrogen-bond acceptors (Lipinski definition) is 8. The van der Waals surface area contributed by atoms with Crippen molar-refractivity contribution in [1.29, 1.82) is 0 Å². The van der Waals surface area contributed by atoms with Gasteiger partial charge in [0.15, 0.2) is 11.3 Å². The molecule has 33 heavy (non-hydrogen) atoms. The molecule has 0 aliphatic carbocycles. The highest BCUT2D eigenvalue weighted by molar-refractivity contribution is 9.10. The van der Waals surface area contributed by atoms with E-state index in [4.69, 9.17) is 9.15 Å². The molecule has 2 aromatic heterocycles. The lowest BCUT2D eigenvalue weighted by Crippen LogP contribution is -2.37. The predicted molar refractivity (Wildman–Crippen MR) is 128 cm³/mol. The zero-order valence-corrected chi connectivity index (χ0v) is 19.9. The lowest BCUT2D eigenvalue weighted by molar-refractivity contribution is -0.115. The van der Waals surface area contributed by atoms with Gasteiger partial charge in [0.2, 0.25) is 5.88 Å². The van der Waals surface area contributed by atoms with Gasteiger partial charge < -0.3 is 14.3 Å². The number of oxazole rings is 1. The number of fused-ring (bicyclic) bond motifs is 2. The number of ether oxygens (including phenoxy) is 1. The highest BCUT2D eigenvalue weighted by Crippen LogP contribution is 2.40. The molecule has 1 amide bonds. The molecule has 170 valence electrons. The minimum atomic E-state index is -0.453. The monoisotopic (exact) mass is 529 g/mol. The molecule has 5 rings (SSSR count). The standard InChI is InChI=1S/C22H20BrN5O4S/c23-14-5-6-17-15(11-14)20(21(30)28(17)13-27-7-9-31-10-8-27)26-25-19(29)12-33-22-24-16-3-1-2-4-18(16)32-22/h1-6,11,30H,7-10,12-13H2. The Morgan fingerprint density at radius 1 is 1.21 bits per heavy atom. The number of benzene rings is 2. The minimum absolute atomic E-state index is 0.0210. The molecule has 3 heterocycles. The van der Waals surface area contributed by atoms with Crippen LogP contribution in [0.3, 0.4) is 0 Å². The molecule has 0 saturated carbocycles. The van der Waals surface area contributed by atoms with Crippen molar-refractivity contribution in [2.75, 3.05) is 32.1 Å². The van der Waals surface area contributed by atoms with E-state index in [1.54, 1.807) is 4.57 Å². The first-order valence-corrected chi connectivity index (χ1v) is 12.1. The van der Waals surface area contributed by atoms with E-state index < -0.39 is 5.91 Å². The van der Waals surface area contributed by atoms with Crippen LogP contribution >= 0.6 is 27.7 Å². The molecular formula is C22H20BrN5O4S. The first-order valence-electron chi connectivity index (χ1n) is 10.3. The maximum atomic E-state index is 12.4. The molecule has 1 aliphatic rings. The van der Waals surface area contributed by atoms with Crippen molar-refractivity contribution in [1.82, 2.24) is 14.5 Å². The Balaban J connectivity index is 1.35. The van der Waals surface area contributed by atoms with Gasteiger partial charge in [0.1, 0.15) is 5.52 Å². The Labute approximate surface area is 201 Å². The van der Waals surface area contributed by atoms with Crippen molar-refractivity contribution < 1.29 is 19.1 Å². The molecule has 0 spiro atoms. The van der Waals surface area contributed by atoms with E-state index in [-0.39, 0.29) is 17.3 Å². The van der Waals surface area contributed by atoms with Gasteiger partial charge in [-0.05, 0) is 30.3 Å². The quantitative estimate of drug-likeness (QED) is 0.278. The van der Waals surface area contributed by atoms with Gasteiger partial charge in [-0.2, -0.15) is 0 Å². The topological polar surface area (TPSA) is 105 Å². The number of halogens is 1. The van der Waals surface area contributed by atoms with Crippen molar-refractivity contribution in [2.24, 2.45) is 10.2 Å². The zero-order chi connectivity index (χ0) is 22.8. The van der Waals surface area contributed by atoms with E-state index in [2.05, 4.69) is 36.0 Å². The molecule has 0 bridgehead atoms. The maximum Gasteiger partial charge on any atom is 0.275 e. The minimum Gasteiger partial charge on any atom is -0.493 e. The van der Waals surface area contributed by atoms with Crippen LogP contribution in [0.2, 0.25) is 0 Å². The fraction of sp³-hybridized carbons (Fsp3) is 0.273. The fourth-order valence-corrected chi connectivity index (χ4v) is 4.63. The summed E-state index contributed by atoms with van der Waals surface area (Å²) in [5, 5.41) is 20.0. The number of azo groups is 1. The number of aromatic hydroxyl groups is 1. The molecule has 1 fully saturated rings. The third-order valence-corrected chi connectivity index (χ3v) is 6.58. The Morgan fingerprint density at radius 3 is 2.85 bits per heavy atom. The largest absolute Gasteiger partial charge is 0.493 e. The van der Waals surface area contributed by atoms with Crippen molar-refractivity contribution in [3.05, 3.63) is 46.9 Å². The van der Waals surface area contributed by atoms with Crippen molar-refractivity contribution >= 4 is 61.3 Å². The summed E-state index contributed by atoms with van der Waals surface area (Å²) in [5.41, 5.74) is 2.47. The summed E-state index contributed by atoms with van der Waals surface area (Å²) in [6.45, 7) is 3.36. The Morgan fingerprint density at radius 2 is 2.03 bits per heavy atom. The smallest absolute Gasteiger partial charge is 0.275 e. The first kappa shape index (κ1) is 22.1. The molecule has 2 aromatic carbocycles. The Hall–Kier alpha value is -2.73. The first-order chi connectivity index (χ1) is 16.1. The Kier molecular flexibility index (Phi) is 6.45. The van der Waals surface area contributed by atoms with Crippen LogP contribution in [-0.4, -0.2) is 57.5 Å². The number of amides is 1. The van der Waals surface area contributed by atoms with Gasteiger partial charge in [-0.3, -0.25) is 14.3 Å². The van der Waals surface area contributed by atoms with Crippen LogP contribution in [0, 0.1) is 0 Å². The van der Waals surface area contributed by atoms with Crippen LogP contribution in [0.4, 0.5) is 5.69 Å². The lowest BCUT2D eigenvalue weighted by Gasteiger charge is -2.27. The number of hydrogen-bond donors (Lipinski definition) is 1. The van der Waals surface area contributed by atoms with Crippen LogP contribution in [0.1, 0.15) is 0 Å². The van der Waals surface area contributed by atoms with Crippen LogP contribution in [-0.2, 0) is 16.2 Å². The van der Waals surface area contributed by atoms with Crippen molar-refractivity contribution in [3.8, 4) is 5.88 Å². The van der Waals surface area contributed by atoms with Crippen LogP contribution in [0.15, 0.2) is 66.8 Å². The van der Waals surface area contributed by atoms with E-state index in [0.717, 1.165) is 40.4 Å². The molecular weight excluding hydrogens is 510 g/mol. The number of aromatic nitrogens is 2. The van der Waals surface area contributed by atoms with Gasteiger partial charge in [0, 0.05) is 22.9 Å². The van der Waals surface area contributed by atoms with Crippen LogP contribution in [0.25, 0.3) is 22.0 Å². The van der Waals surface area contributed by atoms with Gasteiger partial charge in [0.25, 0.3) is 11.1 Å². The summed E-state index contributed by atoms with van der Waals surface area (Å²) >= 11 is 4.62. The van der Waals surface area contributed by atoms with Crippen LogP contribution < -0.4 is 0 Å². The van der Waals surface area contributed by atoms with Gasteiger partial charge in [-0.25, -0.2) is 4.98 Å². The van der Waals surface area contributed by atoms with E-state index >= 15 is 0 Å². The fourth-order valence-electron chi connectivity index (χ4n) is 3.65. The number of para-hydroxylation sites is 2. The van der Waals surface area contributed by atoms with Gasteiger partial charge in [-0.15, -0.1) is 10.2 Å². The molecule has 9 nitrogen and oxygen atoms in total. The van der Waals surface area contributed by atoms with Gasteiger partial charge in [-0.1, -0.05) is 39.8 Å². The Bertz CT molecular complexity index is 1310. The third kappa shape index (κ3) is 4.81. The average Bonchev–Trinajstić information content (AvgIpc) is 3.35. The summed E-state index contributed by atoms with van der Waals surface area (Å²) in [6.07, 6.45) is 0.